The SMILES string of the molecule is COc1ccc(SC(=O)[C@@H](F)[C@@H](O)c2ccc(C#N)cc2)cc1. The van der Waals surface area contributed by atoms with Crippen molar-refractivity contribution in [2.24, 2.45) is 0 Å². The predicted molar refractivity (Wildman–Crippen MR) is 84.9 cm³/mol. The van der Waals surface area contributed by atoms with E-state index in [0.29, 0.717) is 16.2 Å². The third-order valence-corrected chi connectivity index (χ3v) is 4.10. The van der Waals surface area contributed by atoms with Gasteiger partial charge in [0.05, 0.1) is 18.7 Å². The molecule has 4 nitrogen and oxygen atoms in total. The smallest absolute Gasteiger partial charge is 0.230 e. The van der Waals surface area contributed by atoms with Gasteiger partial charge in [-0.3, -0.25) is 4.79 Å². The molecule has 0 spiro atoms. The average Bonchev–Trinajstić information content (AvgIpc) is 2.61. The molecule has 0 aromatic heterocycles. The van der Waals surface area contributed by atoms with Crippen LogP contribution in [0, 0.1) is 11.3 Å². The summed E-state index contributed by atoms with van der Waals surface area (Å²) in [5, 5.41) is 17.9. The summed E-state index contributed by atoms with van der Waals surface area (Å²) in [4.78, 5) is 12.5. The van der Waals surface area contributed by atoms with Crippen molar-refractivity contribution in [1.29, 1.82) is 5.26 Å². The second kappa shape index (κ2) is 7.77. The Morgan fingerprint density at radius 3 is 2.35 bits per heavy atom. The minimum absolute atomic E-state index is 0.250. The quantitative estimate of drug-likeness (QED) is 0.852. The van der Waals surface area contributed by atoms with Crippen molar-refractivity contribution in [2.45, 2.75) is 17.2 Å². The zero-order valence-electron chi connectivity index (χ0n) is 12.3. The van der Waals surface area contributed by atoms with E-state index in [9.17, 15) is 14.3 Å². The average molecular weight is 331 g/mol. The van der Waals surface area contributed by atoms with Crippen LogP contribution in [0.5, 0.6) is 5.75 Å². The van der Waals surface area contributed by atoms with Crippen molar-refractivity contribution in [3.63, 3.8) is 0 Å². The van der Waals surface area contributed by atoms with Gasteiger partial charge in [0.2, 0.25) is 5.12 Å². The van der Waals surface area contributed by atoms with Gasteiger partial charge in [0, 0.05) is 4.90 Å². The molecule has 0 aliphatic carbocycles. The number of aliphatic hydroxyl groups is 1. The Morgan fingerprint density at radius 2 is 1.83 bits per heavy atom. The number of methoxy groups -OCH3 is 1. The molecule has 0 aliphatic heterocycles. The summed E-state index contributed by atoms with van der Waals surface area (Å²) in [5.74, 6) is 0.635. The molecular weight excluding hydrogens is 317 g/mol. The topological polar surface area (TPSA) is 70.3 Å². The molecule has 23 heavy (non-hydrogen) atoms. The van der Waals surface area contributed by atoms with E-state index in [2.05, 4.69) is 0 Å². The fourth-order valence-corrected chi connectivity index (χ4v) is 2.61. The number of aliphatic hydroxyl groups excluding tert-OH is 1. The van der Waals surface area contributed by atoms with E-state index < -0.39 is 17.4 Å². The molecule has 0 radical (unpaired) electrons. The zero-order valence-corrected chi connectivity index (χ0v) is 13.1. The molecule has 0 saturated heterocycles. The number of hydrogen-bond acceptors (Lipinski definition) is 5. The Bertz CT molecular complexity index is 710. The monoisotopic (exact) mass is 331 g/mol. The van der Waals surface area contributed by atoms with Crippen molar-refractivity contribution in [3.05, 3.63) is 59.7 Å². The van der Waals surface area contributed by atoms with Crippen LogP contribution in [0.1, 0.15) is 17.2 Å². The first-order chi connectivity index (χ1) is 11.0. The predicted octanol–water partition coefficient (Wildman–Crippen LogP) is 3.26. The maximum Gasteiger partial charge on any atom is 0.230 e. The summed E-state index contributed by atoms with van der Waals surface area (Å²) in [7, 11) is 1.53. The summed E-state index contributed by atoms with van der Waals surface area (Å²) >= 11 is 0.720. The molecule has 0 unspecified atom stereocenters. The second-order valence-electron chi connectivity index (χ2n) is 4.68. The minimum atomic E-state index is -2.06. The number of carbonyl (C=O) groups is 1. The highest BCUT2D eigenvalue weighted by molar-refractivity contribution is 8.13. The van der Waals surface area contributed by atoms with Gasteiger partial charge in [0.25, 0.3) is 0 Å². The molecule has 0 saturated carbocycles. The number of rotatable bonds is 5. The summed E-state index contributed by atoms with van der Waals surface area (Å²) in [6.07, 6.45) is -3.63. The first kappa shape index (κ1) is 17.0. The van der Waals surface area contributed by atoms with Crippen molar-refractivity contribution < 1.29 is 19.0 Å². The van der Waals surface area contributed by atoms with Crippen LogP contribution in [0.15, 0.2) is 53.4 Å². The second-order valence-corrected chi connectivity index (χ2v) is 5.75. The summed E-state index contributed by atoms with van der Waals surface area (Å²) in [5.41, 5.74) is 0.649. The largest absolute Gasteiger partial charge is 0.497 e. The number of alkyl halides is 1. The molecule has 1 N–H and O–H groups in total. The molecule has 0 bridgehead atoms. The van der Waals surface area contributed by atoms with E-state index in [4.69, 9.17) is 10.00 Å². The van der Waals surface area contributed by atoms with Crippen LogP contribution in [0.2, 0.25) is 0 Å². The highest BCUT2D eigenvalue weighted by Gasteiger charge is 2.28. The van der Waals surface area contributed by atoms with Gasteiger partial charge in [0.15, 0.2) is 6.17 Å². The Balaban J connectivity index is 2.03. The van der Waals surface area contributed by atoms with E-state index in [1.165, 1.54) is 31.4 Å². The number of nitriles is 1. The van der Waals surface area contributed by atoms with Crippen LogP contribution in [0.3, 0.4) is 0 Å². The van der Waals surface area contributed by atoms with E-state index in [0.717, 1.165) is 11.8 Å². The number of hydrogen-bond donors (Lipinski definition) is 1. The van der Waals surface area contributed by atoms with Crippen molar-refractivity contribution in [3.8, 4) is 11.8 Å². The lowest BCUT2D eigenvalue weighted by molar-refractivity contribution is -0.119. The van der Waals surface area contributed by atoms with Gasteiger partial charge in [-0.15, -0.1) is 0 Å². The third-order valence-electron chi connectivity index (χ3n) is 3.16. The summed E-state index contributed by atoms with van der Waals surface area (Å²) in [6, 6.07) is 14.3. The Labute approximate surface area is 137 Å². The van der Waals surface area contributed by atoms with Crippen LogP contribution in [0.4, 0.5) is 4.39 Å². The van der Waals surface area contributed by atoms with E-state index >= 15 is 0 Å². The molecule has 6 heteroatoms. The number of ether oxygens (including phenoxy) is 1. The third kappa shape index (κ3) is 4.31. The van der Waals surface area contributed by atoms with Gasteiger partial charge in [-0.25, -0.2) is 4.39 Å². The summed E-state index contributed by atoms with van der Waals surface area (Å²) in [6.45, 7) is 0. The fourth-order valence-electron chi connectivity index (χ4n) is 1.87. The molecular formula is C17H14FNO3S. The molecule has 2 aromatic rings. The molecule has 118 valence electrons. The normalized spacial score (nSPS) is 13.0. The van der Waals surface area contributed by atoms with Crippen molar-refractivity contribution >= 4 is 16.9 Å². The molecule has 0 heterocycles. The van der Waals surface area contributed by atoms with Gasteiger partial charge < -0.3 is 9.84 Å². The van der Waals surface area contributed by atoms with E-state index in [1.54, 1.807) is 24.3 Å². The number of thioether (sulfide) groups is 1. The molecule has 2 aromatic carbocycles. The maximum atomic E-state index is 14.2. The van der Waals surface area contributed by atoms with E-state index in [-0.39, 0.29) is 5.56 Å². The highest BCUT2D eigenvalue weighted by atomic mass is 32.2. The Morgan fingerprint density at radius 1 is 1.22 bits per heavy atom. The van der Waals surface area contributed by atoms with Crippen LogP contribution in [-0.4, -0.2) is 23.5 Å². The standard InChI is InChI=1S/C17H14FNO3S/c1-22-13-6-8-14(9-7-13)23-17(21)15(18)16(20)12-4-2-11(10-19)3-5-12/h2-9,15-16,20H,1H3/t15-,16-/m0/s1. The lowest BCUT2D eigenvalue weighted by Gasteiger charge is -2.15. The molecule has 0 amide bonds. The number of benzene rings is 2. The van der Waals surface area contributed by atoms with Gasteiger partial charge >= 0.3 is 0 Å². The fraction of sp³-hybridized carbons (Fsp3) is 0.176. The zero-order chi connectivity index (χ0) is 16.8. The number of halogens is 1. The van der Waals surface area contributed by atoms with Crippen molar-refractivity contribution in [2.75, 3.05) is 7.11 Å². The Hall–Kier alpha value is -2.36. The molecule has 0 fully saturated rings. The van der Waals surface area contributed by atoms with Gasteiger partial charge in [-0.1, -0.05) is 12.1 Å². The van der Waals surface area contributed by atoms with Gasteiger partial charge in [-0.05, 0) is 53.7 Å². The lowest BCUT2D eigenvalue weighted by Crippen LogP contribution is -2.21. The van der Waals surface area contributed by atoms with Gasteiger partial charge in [-0.2, -0.15) is 5.26 Å². The molecule has 2 rings (SSSR count). The lowest BCUT2D eigenvalue weighted by atomic mass is 10.0. The van der Waals surface area contributed by atoms with Gasteiger partial charge in [0.1, 0.15) is 11.9 Å². The molecule has 2 atom stereocenters. The minimum Gasteiger partial charge on any atom is -0.497 e. The van der Waals surface area contributed by atoms with Crippen LogP contribution in [0.25, 0.3) is 0 Å². The first-order valence-corrected chi connectivity index (χ1v) is 7.54. The number of carbonyl (C=O) groups excluding carboxylic acids is 1. The number of nitrogens with zero attached hydrogens (tertiary/aromatic N) is 1. The van der Waals surface area contributed by atoms with Crippen LogP contribution < -0.4 is 4.74 Å². The van der Waals surface area contributed by atoms with Crippen LogP contribution >= 0.6 is 11.8 Å². The van der Waals surface area contributed by atoms with Crippen molar-refractivity contribution in [1.82, 2.24) is 0 Å². The molecule has 0 aliphatic rings. The van der Waals surface area contributed by atoms with Crippen LogP contribution in [-0.2, 0) is 4.79 Å². The maximum absolute atomic E-state index is 14.2. The van der Waals surface area contributed by atoms with E-state index in [1.807, 2.05) is 6.07 Å². The first-order valence-electron chi connectivity index (χ1n) is 6.73. The Kier molecular flexibility index (Phi) is 5.74. The highest BCUT2D eigenvalue weighted by Crippen LogP contribution is 2.29. The summed E-state index contributed by atoms with van der Waals surface area (Å²) < 4.78 is 19.2.